The van der Waals surface area contributed by atoms with Gasteiger partial charge in [-0.2, -0.15) is 0 Å². The Bertz CT molecular complexity index is 574. The number of rotatable bonds is 4. The van der Waals surface area contributed by atoms with Crippen LogP contribution < -0.4 is 10.5 Å². The lowest BCUT2D eigenvalue weighted by Gasteiger charge is -2.19. The van der Waals surface area contributed by atoms with Crippen LogP contribution in [-0.2, 0) is 0 Å². The number of halogens is 2. The van der Waals surface area contributed by atoms with E-state index in [1.807, 2.05) is 18.2 Å². The molecule has 4 heteroatoms. The Morgan fingerprint density at radius 3 is 2.68 bits per heavy atom. The van der Waals surface area contributed by atoms with E-state index in [4.69, 9.17) is 22.1 Å². The lowest BCUT2D eigenvalue weighted by molar-refractivity contribution is 0.212. The van der Waals surface area contributed by atoms with Crippen LogP contribution in [0.4, 0.5) is 4.39 Å². The molecule has 19 heavy (non-hydrogen) atoms. The Balaban J connectivity index is 2.24. The molecule has 0 radical (unpaired) electrons. The van der Waals surface area contributed by atoms with Gasteiger partial charge >= 0.3 is 0 Å². The summed E-state index contributed by atoms with van der Waals surface area (Å²) >= 11 is 5.95. The molecule has 0 aliphatic heterocycles. The number of hydrogen-bond acceptors (Lipinski definition) is 2. The fraction of sp³-hybridized carbons (Fsp3) is 0.200. The molecule has 2 N–H and O–H groups in total. The second-order valence-electron chi connectivity index (χ2n) is 4.31. The second kappa shape index (κ2) is 6.04. The van der Waals surface area contributed by atoms with Crippen molar-refractivity contribution < 1.29 is 9.13 Å². The van der Waals surface area contributed by atoms with Gasteiger partial charge < -0.3 is 10.5 Å². The number of aryl methyl sites for hydroxylation is 1. The topological polar surface area (TPSA) is 35.2 Å². The molecule has 0 saturated carbocycles. The first kappa shape index (κ1) is 13.8. The molecule has 0 aromatic heterocycles. The van der Waals surface area contributed by atoms with Crippen molar-refractivity contribution in [3.05, 3.63) is 64.4 Å². The van der Waals surface area contributed by atoms with Crippen molar-refractivity contribution in [2.24, 2.45) is 5.73 Å². The first-order valence-electron chi connectivity index (χ1n) is 5.98. The van der Waals surface area contributed by atoms with E-state index in [1.54, 1.807) is 19.1 Å². The normalized spacial score (nSPS) is 12.2. The first-order chi connectivity index (χ1) is 9.10. The van der Waals surface area contributed by atoms with Crippen LogP contribution >= 0.6 is 11.6 Å². The Morgan fingerprint density at radius 1 is 1.26 bits per heavy atom. The third-order valence-corrected chi connectivity index (χ3v) is 3.08. The zero-order valence-corrected chi connectivity index (χ0v) is 11.3. The van der Waals surface area contributed by atoms with Crippen molar-refractivity contribution >= 4 is 11.6 Å². The van der Waals surface area contributed by atoms with Crippen molar-refractivity contribution in [3.63, 3.8) is 0 Å². The molecule has 2 aromatic rings. The van der Waals surface area contributed by atoms with E-state index in [1.165, 1.54) is 12.1 Å². The fourth-order valence-corrected chi connectivity index (χ4v) is 2.06. The Labute approximate surface area is 117 Å². The summed E-state index contributed by atoms with van der Waals surface area (Å²) in [5.41, 5.74) is 7.38. The molecule has 0 saturated heterocycles. The van der Waals surface area contributed by atoms with Gasteiger partial charge in [-0.3, -0.25) is 0 Å². The maximum atomic E-state index is 13.0. The van der Waals surface area contributed by atoms with Crippen molar-refractivity contribution in [1.29, 1.82) is 0 Å². The van der Waals surface area contributed by atoms with Gasteiger partial charge in [-0.25, -0.2) is 4.39 Å². The minimum atomic E-state index is -0.303. The standard InChI is InChI=1S/C15H15ClFNO/c1-10-7-13(17)5-6-14(10)19-15(9-18)11-3-2-4-12(16)8-11/h2-8,15H,9,18H2,1H3. The van der Waals surface area contributed by atoms with E-state index in [9.17, 15) is 4.39 Å². The molecule has 0 bridgehead atoms. The van der Waals surface area contributed by atoms with Gasteiger partial charge in [0.25, 0.3) is 0 Å². The molecule has 0 aliphatic rings. The first-order valence-corrected chi connectivity index (χ1v) is 6.36. The number of ether oxygens (including phenoxy) is 1. The molecule has 0 spiro atoms. The monoisotopic (exact) mass is 279 g/mol. The highest BCUT2D eigenvalue weighted by Gasteiger charge is 2.13. The molecule has 0 fully saturated rings. The van der Waals surface area contributed by atoms with Gasteiger partial charge in [0, 0.05) is 11.6 Å². The predicted octanol–water partition coefficient (Wildman–Crippen LogP) is 3.87. The summed E-state index contributed by atoms with van der Waals surface area (Å²) in [6.07, 6.45) is -0.303. The molecule has 2 aromatic carbocycles. The summed E-state index contributed by atoms with van der Waals surface area (Å²) in [5.74, 6) is 0.341. The average Bonchev–Trinajstić information content (AvgIpc) is 2.38. The smallest absolute Gasteiger partial charge is 0.136 e. The number of benzene rings is 2. The minimum absolute atomic E-state index is 0.281. The Morgan fingerprint density at radius 2 is 2.05 bits per heavy atom. The Hall–Kier alpha value is -1.58. The van der Waals surface area contributed by atoms with Crippen LogP contribution in [0, 0.1) is 12.7 Å². The van der Waals surface area contributed by atoms with Crippen LogP contribution in [0.2, 0.25) is 5.02 Å². The summed E-state index contributed by atoms with van der Waals surface area (Å²) in [6.45, 7) is 2.11. The third-order valence-electron chi connectivity index (χ3n) is 2.84. The zero-order chi connectivity index (χ0) is 13.8. The van der Waals surface area contributed by atoms with Gasteiger partial charge in [0.05, 0.1) is 0 Å². The van der Waals surface area contributed by atoms with Crippen LogP contribution in [0.5, 0.6) is 5.75 Å². The van der Waals surface area contributed by atoms with Crippen molar-refractivity contribution in [3.8, 4) is 5.75 Å². The van der Waals surface area contributed by atoms with Gasteiger partial charge in [0.2, 0.25) is 0 Å². The minimum Gasteiger partial charge on any atom is -0.484 e. The van der Waals surface area contributed by atoms with Gasteiger partial charge in [0.15, 0.2) is 0 Å². The van der Waals surface area contributed by atoms with E-state index in [0.29, 0.717) is 17.3 Å². The van der Waals surface area contributed by atoms with Crippen LogP contribution in [0.3, 0.4) is 0 Å². The second-order valence-corrected chi connectivity index (χ2v) is 4.74. The molecule has 0 amide bonds. The van der Waals surface area contributed by atoms with Crippen molar-refractivity contribution in [1.82, 2.24) is 0 Å². The molecule has 1 atom stereocenters. The quantitative estimate of drug-likeness (QED) is 0.922. The van der Waals surface area contributed by atoms with Gasteiger partial charge in [-0.05, 0) is 48.4 Å². The molecule has 0 aliphatic carbocycles. The maximum absolute atomic E-state index is 13.0. The summed E-state index contributed by atoms with van der Waals surface area (Å²) in [5, 5.41) is 0.635. The zero-order valence-electron chi connectivity index (χ0n) is 10.6. The fourth-order valence-electron chi connectivity index (χ4n) is 1.86. The summed E-state index contributed by atoms with van der Waals surface area (Å²) < 4.78 is 18.9. The highest BCUT2D eigenvalue weighted by molar-refractivity contribution is 6.30. The van der Waals surface area contributed by atoms with Crippen LogP contribution in [0.25, 0.3) is 0 Å². The molecule has 2 nitrogen and oxygen atoms in total. The molecule has 100 valence electrons. The molecular formula is C15H15ClFNO. The van der Waals surface area contributed by atoms with Crippen molar-refractivity contribution in [2.45, 2.75) is 13.0 Å². The molecule has 1 unspecified atom stereocenters. The predicted molar refractivity (Wildman–Crippen MR) is 75.0 cm³/mol. The van der Waals surface area contributed by atoms with E-state index >= 15 is 0 Å². The van der Waals surface area contributed by atoms with E-state index in [-0.39, 0.29) is 11.9 Å². The van der Waals surface area contributed by atoms with Gasteiger partial charge in [-0.1, -0.05) is 23.7 Å². The lowest BCUT2D eigenvalue weighted by atomic mass is 10.1. The summed E-state index contributed by atoms with van der Waals surface area (Å²) in [4.78, 5) is 0. The van der Waals surface area contributed by atoms with E-state index in [2.05, 4.69) is 0 Å². The summed E-state index contributed by atoms with van der Waals surface area (Å²) in [6, 6.07) is 11.8. The third kappa shape index (κ3) is 3.46. The largest absolute Gasteiger partial charge is 0.484 e. The van der Waals surface area contributed by atoms with Gasteiger partial charge in [0.1, 0.15) is 17.7 Å². The van der Waals surface area contributed by atoms with E-state index in [0.717, 1.165) is 11.1 Å². The number of hydrogen-bond donors (Lipinski definition) is 1. The highest BCUT2D eigenvalue weighted by Crippen LogP contribution is 2.26. The van der Waals surface area contributed by atoms with E-state index < -0.39 is 0 Å². The SMILES string of the molecule is Cc1cc(F)ccc1OC(CN)c1cccc(Cl)c1. The van der Waals surface area contributed by atoms with Crippen LogP contribution in [-0.4, -0.2) is 6.54 Å². The highest BCUT2D eigenvalue weighted by atomic mass is 35.5. The Kier molecular flexibility index (Phi) is 4.40. The van der Waals surface area contributed by atoms with Gasteiger partial charge in [-0.15, -0.1) is 0 Å². The maximum Gasteiger partial charge on any atom is 0.136 e. The summed E-state index contributed by atoms with van der Waals surface area (Å²) in [7, 11) is 0. The lowest BCUT2D eigenvalue weighted by Crippen LogP contribution is -2.18. The molecular weight excluding hydrogens is 265 g/mol. The van der Waals surface area contributed by atoms with Crippen molar-refractivity contribution in [2.75, 3.05) is 6.54 Å². The number of nitrogens with two attached hydrogens (primary N) is 1. The average molecular weight is 280 g/mol. The molecule has 2 rings (SSSR count). The van der Waals surface area contributed by atoms with Crippen LogP contribution in [0.1, 0.15) is 17.2 Å². The van der Waals surface area contributed by atoms with Crippen LogP contribution in [0.15, 0.2) is 42.5 Å². The molecule has 0 heterocycles.